The molecule has 0 radical (unpaired) electrons. The topological polar surface area (TPSA) is 434 Å². The normalized spacial score (nSPS) is 9.81. The molecule has 1 fully saturated rings. The van der Waals surface area contributed by atoms with Gasteiger partial charge in [0.05, 0.1) is 69.4 Å². The van der Waals surface area contributed by atoms with Gasteiger partial charge in [0.1, 0.15) is 30.6 Å². The minimum Gasteiger partial charge on any atom is -0.466 e. The van der Waals surface area contributed by atoms with E-state index in [4.69, 9.17) is 123 Å². The fourth-order valence-electron chi connectivity index (χ4n) is 8.29. The predicted molar refractivity (Wildman–Crippen MR) is 576 cm³/mol. The number of anilines is 2. The molecular weight excluding hydrogens is 1990 g/mol. The van der Waals surface area contributed by atoms with Gasteiger partial charge in [0.15, 0.2) is 16.8 Å². The van der Waals surface area contributed by atoms with Crippen LogP contribution in [0.25, 0.3) is 0 Å². The molecule has 7 rings (SSSR count). The largest absolute Gasteiger partial charge is 0.466 e. The Hall–Kier alpha value is -12.8. The summed E-state index contributed by atoms with van der Waals surface area (Å²) in [5, 5.41) is 47.9. The number of hydrogen-bond donors (Lipinski definition) is 11. The summed E-state index contributed by atoms with van der Waals surface area (Å²) in [6, 6.07) is 36.9. The van der Waals surface area contributed by atoms with E-state index >= 15 is 0 Å². The molecule has 1 unspecified atom stereocenters. The van der Waals surface area contributed by atoms with Crippen LogP contribution in [0.3, 0.4) is 0 Å². The molecule has 3 amide bonds. The van der Waals surface area contributed by atoms with Gasteiger partial charge in [-0.05, 0) is 174 Å². The number of esters is 2. The summed E-state index contributed by atoms with van der Waals surface area (Å²) in [5.41, 5.74) is 26.9. The van der Waals surface area contributed by atoms with E-state index < -0.39 is 41.6 Å². The Morgan fingerprint density at radius 2 is 1.11 bits per heavy atom. The molecule has 0 saturated heterocycles. The molecule has 49 heteroatoms. The summed E-state index contributed by atoms with van der Waals surface area (Å²) in [4.78, 5) is 74.1. The fraction of sp³-hybridized carbons (Fsp3) is 0.253. The van der Waals surface area contributed by atoms with Crippen LogP contribution in [-0.4, -0.2) is 202 Å². The van der Waals surface area contributed by atoms with Gasteiger partial charge in [-0.2, -0.15) is 45.9 Å². The number of thiocarbonyl (C=S) groups is 5. The van der Waals surface area contributed by atoms with Crippen molar-refractivity contribution >= 4 is 284 Å². The third-order valence-corrected chi connectivity index (χ3v) is 16.4. The fourth-order valence-corrected chi connectivity index (χ4v) is 10.2. The standard InChI is InChI=1S/C11H13NO3.C10H13N3S.C8H6Cl2N2O.C8H6F2N2O.C8H9FN2.C7H6Cl2N2.C7H12N2S.C7H11NS.C6H11N3O2S.2C4H6ClNO.C4H8N2O2.C3H6N2S/c1-12-15-10(11(13)14-2)8-9-6-4-3-5-7-9;1-11-13-10(14)12-8-7-9-5-3-2-4-6-9;1-11-12-8(13)6-4-5(9)2-3-7(6)10;1-11-12-8(13)6-3-2-5(9)4-7(6)10;1-6-3-4-8(11-10-2)7(9)5-6;1-10-11-7-3-5(8)2-6(9)4-7;1-8-9-7(10)6-4-2-3-5-6;1-3-4-5-7(9)6-8-2;1-3-11-5(10)4-8-6(12)9-7-2;1-4(5)3-7-6-2;1-6-7-4-2-3-5;1-3-8-4(7)6-5-2;1-3(6)5-4-2/h3-7,10H,1,8H2,2H3;2-6H,1,7-8H2,(H2,12,13,14);2*2-4H,1H2,(H,12,13);3-5,11H,2H2,1H3;2-4,11H,1H2;6H,1-5H2,(H,9,10);3H,1-2,4-6H2;2-4H2,1H3,(H2,8,9,12);1-3H2;2-3H,1,4H2;2-3H2,1H3,(H,6,7);2H2,1H3,(H,5,6)/b;;;;;;;;;;3-2+;;. The summed E-state index contributed by atoms with van der Waals surface area (Å²) in [7, 11) is 1.31. The monoisotopic (exact) mass is 2100 g/mol. The Morgan fingerprint density at radius 3 is 1.56 bits per heavy atom. The molecule has 1 aliphatic rings. The van der Waals surface area contributed by atoms with E-state index in [0.717, 1.165) is 64.6 Å². The quantitative estimate of drug-likeness (QED) is 0.00328. The van der Waals surface area contributed by atoms with Gasteiger partial charge in [0.25, 0.3) is 11.8 Å². The van der Waals surface area contributed by atoms with Crippen LogP contribution in [-0.2, 0) is 51.2 Å². The van der Waals surface area contributed by atoms with Crippen molar-refractivity contribution in [2.24, 2.45) is 72.3 Å². The van der Waals surface area contributed by atoms with Gasteiger partial charge < -0.3 is 39.4 Å². The predicted octanol–water partition coefficient (Wildman–Crippen LogP) is 18.5. The molecule has 0 heterocycles. The van der Waals surface area contributed by atoms with Crippen molar-refractivity contribution in [3.63, 3.8) is 0 Å². The van der Waals surface area contributed by atoms with Gasteiger partial charge in [-0.1, -0.05) is 198 Å². The Kier molecular flexibility index (Phi) is 92.5. The molecule has 6 aromatic rings. The van der Waals surface area contributed by atoms with Crippen molar-refractivity contribution in [1.29, 1.82) is 0 Å². The van der Waals surface area contributed by atoms with Crippen LogP contribution in [0.2, 0.25) is 20.1 Å². The van der Waals surface area contributed by atoms with Gasteiger partial charge in [-0.3, -0.25) is 51.9 Å². The lowest BCUT2D eigenvalue weighted by atomic mass is 10.1. The zero-order valence-electron chi connectivity index (χ0n) is 75.5. The molecule has 136 heavy (non-hydrogen) atoms. The molecule has 0 bridgehead atoms. The first-order chi connectivity index (χ1) is 65.0. The van der Waals surface area contributed by atoms with Crippen LogP contribution in [0.1, 0.15) is 96.7 Å². The highest BCUT2D eigenvalue weighted by Crippen LogP contribution is 2.26. The summed E-state index contributed by atoms with van der Waals surface area (Å²) in [6.07, 6.45) is 10.5. The van der Waals surface area contributed by atoms with Crippen LogP contribution in [0.15, 0.2) is 236 Å². The number of halogens is 9. The first-order valence-electron chi connectivity index (χ1n) is 38.6. The molecule has 0 aliphatic heterocycles. The van der Waals surface area contributed by atoms with Crippen molar-refractivity contribution in [2.75, 3.05) is 64.0 Å². The lowest BCUT2D eigenvalue weighted by molar-refractivity contribution is -0.154. The van der Waals surface area contributed by atoms with E-state index in [2.05, 4.69) is 264 Å². The van der Waals surface area contributed by atoms with E-state index in [1.165, 1.54) is 56.0 Å². The Bertz CT molecular complexity index is 4690. The smallest absolute Gasteiger partial charge is 0.427 e. The number of rotatable bonds is 37. The van der Waals surface area contributed by atoms with E-state index in [1.54, 1.807) is 69.3 Å². The minimum absolute atomic E-state index is 0.0369. The van der Waals surface area contributed by atoms with Gasteiger partial charge >= 0.3 is 18.0 Å². The number of methoxy groups -OCH3 is 1. The molecule has 11 N–H and O–H groups in total. The number of hydrogen-bond acceptors (Lipinski definition) is 31. The van der Waals surface area contributed by atoms with Crippen LogP contribution >= 0.6 is 131 Å². The third-order valence-electron chi connectivity index (χ3n) is 13.8. The molecule has 1 atom stereocenters. The number of aliphatic imine (C=N–C) groups is 1. The number of amides is 3. The second-order valence-corrected chi connectivity index (χ2v) is 28.9. The first-order valence-corrected chi connectivity index (χ1v) is 43.0. The van der Waals surface area contributed by atoms with Crippen LogP contribution in [0.4, 0.5) is 29.3 Å². The number of allylic oxidation sites excluding steroid dienone is 1. The number of benzene rings is 6. The first kappa shape index (κ1) is 134. The second-order valence-electron chi connectivity index (χ2n) is 24.0. The van der Waals surface area contributed by atoms with Crippen molar-refractivity contribution in [1.82, 2.24) is 48.6 Å². The highest BCUT2D eigenvalue weighted by Gasteiger charge is 2.22. The van der Waals surface area contributed by atoms with Gasteiger partial charge in [-0.25, -0.2) is 39.0 Å². The zero-order chi connectivity index (χ0) is 104. The number of ether oxygens (including phenoxy) is 3. The number of carbonyl (C=O) groups excluding carboxylic acids is 5. The average molecular weight is 2100 g/mol. The summed E-state index contributed by atoms with van der Waals surface area (Å²) in [5.74, 6) is -3.40. The molecule has 0 spiro atoms. The molecule has 740 valence electrons. The van der Waals surface area contributed by atoms with Crippen molar-refractivity contribution < 1.29 is 65.9 Å². The Balaban J connectivity index is -0.000000339. The molecule has 0 aromatic heterocycles. The highest BCUT2D eigenvalue weighted by molar-refractivity contribution is 7.81. The van der Waals surface area contributed by atoms with E-state index in [0.29, 0.717) is 85.7 Å². The molecule has 1 aliphatic carbocycles. The van der Waals surface area contributed by atoms with Gasteiger partial charge in [-0.15, -0.1) is 22.0 Å². The summed E-state index contributed by atoms with van der Waals surface area (Å²) in [6.45, 7) is 57.9. The van der Waals surface area contributed by atoms with Gasteiger partial charge in [0, 0.05) is 131 Å². The zero-order valence-corrected chi connectivity index (χ0v) is 84.2. The van der Waals surface area contributed by atoms with Crippen LogP contribution < -0.4 is 59.5 Å². The van der Waals surface area contributed by atoms with Crippen LogP contribution in [0.5, 0.6) is 0 Å². The summed E-state index contributed by atoms with van der Waals surface area (Å²) < 4.78 is 51.8. The number of carbonyl (C=O) groups is 5. The third kappa shape index (κ3) is 83.0. The maximum atomic E-state index is 12.9. The van der Waals surface area contributed by atoms with Gasteiger partial charge in [0.2, 0.25) is 6.10 Å². The number of nitrogens with one attached hydrogen (secondary N) is 11. The molecule has 1 saturated carbocycles. The Morgan fingerprint density at radius 1 is 0.574 bits per heavy atom. The lowest BCUT2D eigenvalue weighted by Gasteiger charge is -2.11. The number of aryl methyl sites for hydroxylation is 1. The maximum absolute atomic E-state index is 12.9. The van der Waals surface area contributed by atoms with E-state index in [9.17, 15) is 37.1 Å². The summed E-state index contributed by atoms with van der Waals surface area (Å²) >= 11 is 57.3. The SMILES string of the molecule is C=CCCC(=S)CN=C.C=NNC(=O)OCC.C=NNC(=O)c1cc(Cl)ccc1Cl.C=NNC(=O)c1ccc(F)cc1F.C=NNC(=S)C1CCCC1.C=NNC(=S)NCC(=O)OCC.C=NNC(=S)NCCc1ccccc1.C=NNC(C)=S.C=NNc1cc(Cl)cc(Cl)c1.C=NNc1ccc(C)cc1F.C=NOC(Cc1ccccc1)C(=O)OC.C=NOC/C=C/Cl.C=NOCC(=C)Cl. The van der Waals surface area contributed by atoms with Crippen molar-refractivity contribution in [3.05, 3.63) is 235 Å². The maximum Gasteiger partial charge on any atom is 0.427 e. The number of nitrogens with zero attached hydrogens (tertiary/aromatic N) is 13. The number of hydrazone groups is 9. The van der Waals surface area contributed by atoms with Crippen molar-refractivity contribution in [2.45, 2.75) is 85.2 Å². The molecule has 6 aromatic carbocycles. The van der Waals surface area contributed by atoms with E-state index in [1.807, 2.05) is 72.4 Å². The minimum atomic E-state index is -0.929. The Labute approximate surface area is 848 Å². The average Bonchev–Trinajstić information content (AvgIpc) is 0.926. The molecule has 35 nitrogen and oxygen atoms in total. The number of oxime groups is 3. The van der Waals surface area contributed by atoms with Crippen molar-refractivity contribution in [3.8, 4) is 0 Å². The molecular formula is C87H113Cl6F3N24O11S5. The van der Waals surface area contributed by atoms with E-state index in [-0.39, 0.29) is 41.2 Å². The second kappa shape index (κ2) is 94.0. The van der Waals surface area contributed by atoms with Crippen LogP contribution in [0, 0.1) is 30.3 Å². The highest BCUT2D eigenvalue weighted by atomic mass is 35.5. The lowest BCUT2D eigenvalue weighted by Crippen LogP contribution is -2.36.